The molecule has 5 nitrogen and oxygen atoms in total. The summed E-state index contributed by atoms with van der Waals surface area (Å²) in [6.45, 7) is 2.98. The van der Waals surface area contributed by atoms with Crippen molar-refractivity contribution in [2.75, 3.05) is 6.54 Å². The zero-order valence-corrected chi connectivity index (χ0v) is 14.2. The van der Waals surface area contributed by atoms with Gasteiger partial charge in [0.15, 0.2) is 0 Å². The summed E-state index contributed by atoms with van der Waals surface area (Å²) in [7, 11) is 0. The Balaban J connectivity index is 1.51. The number of thiophene rings is 1. The first kappa shape index (κ1) is 16.6. The summed E-state index contributed by atoms with van der Waals surface area (Å²) >= 11 is 1.59. The third kappa shape index (κ3) is 4.38. The number of aliphatic hydroxyl groups is 1. The molecule has 2 heterocycles. The predicted molar refractivity (Wildman–Crippen MR) is 94.1 cm³/mol. The highest BCUT2D eigenvalue weighted by molar-refractivity contribution is 7.08. The molecule has 0 aliphatic heterocycles. The molecule has 124 valence electrons. The van der Waals surface area contributed by atoms with Gasteiger partial charge in [0.1, 0.15) is 5.75 Å². The Morgan fingerprint density at radius 3 is 2.71 bits per heavy atom. The van der Waals surface area contributed by atoms with Gasteiger partial charge in [0, 0.05) is 25.5 Å². The van der Waals surface area contributed by atoms with E-state index in [1.165, 1.54) is 0 Å². The second-order valence-corrected chi connectivity index (χ2v) is 6.46. The van der Waals surface area contributed by atoms with E-state index < -0.39 is 5.60 Å². The van der Waals surface area contributed by atoms with Crippen LogP contribution in [0.3, 0.4) is 0 Å². The van der Waals surface area contributed by atoms with E-state index in [-0.39, 0.29) is 0 Å². The van der Waals surface area contributed by atoms with E-state index in [9.17, 15) is 5.11 Å². The van der Waals surface area contributed by atoms with Crippen molar-refractivity contribution in [2.24, 2.45) is 0 Å². The monoisotopic (exact) mass is 341 g/mol. The van der Waals surface area contributed by atoms with E-state index in [1.807, 2.05) is 48.0 Å². The lowest BCUT2D eigenvalue weighted by Gasteiger charge is -2.23. The van der Waals surface area contributed by atoms with E-state index in [1.54, 1.807) is 29.9 Å². The molecule has 1 aromatic carbocycles. The highest BCUT2D eigenvalue weighted by Gasteiger charge is 2.22. The summed E-state index contributed by atoms with van der Waals surface area (Å²) in [5.41, 5.74) is 1.19. The number of hydrogen-bond acceptors (Lipinski definition) is 6. The van der Waals surface area contributed by atoms with Gasteiger partial charge in [-0.3, -0.25) is 4.98 Å². The highest BCUT2D eigenvalue weighted by Crippen LogP contribution is 2.22. The van der Waals surface area contributed by atoms with E-state index in [0.29, 0.717) is 24.7 Å². The molecular formula is C18H19N3O2S. The molecule has 0 saturated heterocycles. The van der Waals surface area contributed by atoms with Gasteiger partial charge in [0.2, 0.25) is 5.88 Å². The highest BCUT2D eigenvalue weighted by atomic mass is 32.1. The SMILES string of the molecule is CC(O)(CNCc1ccc(Oc2cnccn2)cc1)c1ccsc1. The van der Waals surface area contributed by atoms with Gasteiger partial charge in [-0.2, -0.15) is 11.3 Å². The smallest absolute Gasteiger partial charge is 0.237 e. The molecular weight excluding hydrogens is 322 g/mol. The second kappa shape index (κ2) is 7.53. The lowest BCUT2D eigenvalue weighted by Crippen LogP contribution is -2.34. The summed E-state index contributed by atoms with van der Waals surface area (Å²) in [5, 5.41) is 17.7. The van der Waals surface area contributed by atoms with Gasteiger partial charge in [-0.1, -0.05) is 12.1 Å². The predicted octanol–water partition coefficient (Wildman–Crippen LogP) is 3.33. The van der Waals surface area contributed by atoms with Gasteiger partial charge in [0.05, 0.1) is 11.8 Å². The third-order valence-electron chi connectivity index (χ3n) is 3.63. The first-order valence-corrected chi connectivity index (χ1v) is 8.56. The molecule has 0 amide bonds. The Bertz CT molecular complexity index is 744. The van der Waals surface area contributed by atoms with Crippen LogP contribution in [0.15, 0.2) is 59.7 Å². The molecule has 1 unspecified atom stereocenters. The van der Waals surface area contributed by atoms with Crippen molar-refractivity contribution in [3.05, 3.63) is 70.8 Å². The summed E-state index contributed by atoms with van der Waals surface area (Å²) in [4.78, 5) is 8.04. The van der Waals surface area contributed by atoms with Gasteiger partial charge >= 0.3 is 0 Å². The lowest BCUT2D eigenvalue weighted by molar-refractivity contribution is 0.0571. The van der Waals surface area contributed by atoms with Crippen LogP contribution in [0.1, 0.15) is 18.1 Å². The molecule has 3 aromatic rings. The van der Waals surface area contributed by atoms with Gasteiger partial charge in [-0.15, -0.1) is 0 Å². The summed E-state index contributed by atoms with van der Waals surface area (Å²) < 4.78 is 5.61. The lowest BCUT2D eigenvalue weighted by atomic mass is 9.99. The van der Waals surface area contributed by atoms with Crippen molar-refractivity contribution in [2.45, 2.75) is 19.1 Å². The number of nitrogens with zero attached hydrogens (tertiary/aromatic N) is 2. The molecule has 0 spiro atoms. The normalized spacial score (nSPS) is 13.4. The minimum Gasteiger partial charge on any atom is -0.438 e. The fourth-order valence-electron chi connectivity index (χ4n) is 2.26. The van der Waals surface area contributed by atoms with Crippen LogP contribution in [0.4, 0.5) is 0 Å². The summed E-state index contributed by atoms with van der Waals surface area (Å²) in [5.74, 6) is 1.18. The van der Waals surface area contributed by atoms with Gasteiger partial charge in [-0.05, 0) is 47.0 Å². The maximum absolute atomic E-state index is 10.5. The number of rotatable bonds is 7. The number of aromatic nitrogens is 2. The zero-order valence-electron chi connectivity index (χ0n) is 13.3. The molecule has 0 saturated carbocycles. The molecule has 0 radical (unpaired) electrons. The molecule has 2 aromatic heterocycles. The van der Waals surface area contributed by atoms with E-state index in [0.717, 1.165) is 11.1 Å². The Morgan fingerprint density at radius 2 is 2.04 bits per heavy atom. The molecule has 2 N–H and O–H groups in total. The van der Waals surface area contributed by atoms with Gasteiger partial charge in [-0.25, -0.2) is 4.98 Å². The summed E-state index contributed by atoms with van der Waals surface area (Å²) in [6.07, 6.45) is 4.77. The van der Waals surface area contributed by atoms with Crippen LogP contribution in [0.2, 0.25) is 0 Å². The largest absolute Gasteiger partial charge is 0.438 e. The molecule has 3 rings (SSSR count). The van der Waals surface area contributed by atoms with Crippen molar-refractivity contribution >= 4 is 11.3 Å². The van der Waals surface area contributed by atoms with Crippen LogP contribution in [0, 0.1) is 0 Å². The molecule has 0 bridgehead atoms. The van der Waals surface area contributed by atoms with Crippen molar-refractivity contribution in [3.8, 4) is 11.6 Å². The first-order chi connectivity index (χ1) is 11.6. The Morgan fingerprint density at radius 1 is 1.21 bits per heavy atom. The minimum atomic E-state index is -0.866. The van der Waals surface area contributed by atoms with Crippen molar-refractivity contribution in [1.29, 1.82) is 0 Å². The van der Waals surface area contributed by atoms with Gasteiger partial charge in [0.25, 0.3) is 0 Å². The van der Waals surface area contributed by atoms with Crippen molar-refractivity contribution in [1.82, 2.24) is 15.3 Å². The first-order valence-electron chi connectivity index (χ1n) is 7.62. The molecule has 6 heteroatoms. The molecule has 0 aliphatic carbocycles. The number of ether oxygens (including phenoxy) is 1. The van der Waals surface area contributed by atoms with Crippen LogP contribution in [-0.2, 0) is 12.1 Å². The van der Waals surface area contributed by atoms with Crippen LogP contribution >= 0.6 is 11.3 Å². The average molecular weight is 341 g/mol. The maximum atomic E-state index is 10.5. The fourth-order valence-corrected chi connectivity index (χ4v) is 3.04. The molecule has 0 aliphatic rings. The van der Waals surface area contributed by atoms with Crippen molar-refractivity contribution in [3.63, 3.8) is 0 Å². The van der Waals surface area contributed by atoms with Crippen LogP contribution in [-0.4, -0.2) is 21.6 Å². The van der Waals surface area contributed by atoms with Gasteiger partial charge < -0.3 is 15.2 Å². The quantitative estimate of drug-likeness (QED) is 0.690. The zero-order chi connectivity index (χ0) is 16.8. The van der Waals surface area contributed by atoms with Crippen molar-refractivity contribution < 1.29 is 9.84 Å². The van der Waals surface area contributed by atoms with E-state index in [2.05, 4.69) is 15.3 Å². The third-order valence-corrected chi connectivity index (χ3v) is 4.31. The average Bonchev–Trinajstić information content (AvgIpc) is 3.13. The molecule has 1 atom stereocenters. The standard InChI is InChI=1S/C18H19N3O2S/c1-18(22,15-6-9-24-12-15)13-20-10-14-2-4-16(5-3-14)23-17-11-19-7-8-21-17/h2-9,11-12,20,22H,10,13H2,1H3. The maximum Gasteiger partial charge on any atom is 0.237 e. The fraction of sp³-hybridized carbons (Fsp3) is 0.222. The summed E-state index contributed by atoms with van der Waals surface area (Å²) in [6, 6.07) is 9.70. The van der Waals surface area contributed by atoms with E-state index in [4.69, 9.17) is 4.74 Å². The number of nitrogens with one attached hydrogen (secondary N) is 1. The topological polar surface area (TPSA) is 67.3 Å². The number of hydrogen-bond donors (Lipinski definition) is 2. The Labute approximate surface area is 145 Å². The Kier molecular flexibility index (Phi) is 5.20. The molecule has 24 heavy (non-hydrogen) atoms. The van der Waals surface area contributed by atoms with Crippen LogP contribution in [0.5, 0.6) is 11.6 Å². The minimum absolute atomic E-state index is 0.468. The van der Waals surface area contributed by atoms with E-state index >= 15 is 0 Å². The second-order valence-electron chi connectivity index (χ2n) is 5.68. The van der Waals surface area contributed by atoms with Crippen LogP contribution < -0.4 is 10.1 Å². The molecule has 0 fully saturated rings. The Hall–Kier alpha value is -2.28. The number of benzene rings is 1. The van der Waals surface area contributed by atoms with Crippen LogP contribution in [0.25, 0.3) is 0 Å².